The van der Waals surface area contributed by atoms with Crippen LogP contribution in [-0.4, -0.2) is 49.8 Å². The van der Waals surface area contributed by atoms with Gasteiger partial charge in [0.05, 0.1) is 4.90 Å². The molecule has 1 aliphatic heterocycles. The van der Waals surface area contributed by atoms with Crippen molar-refractivity contribution in [1.82, 2.24) is 9.62 Å². The number of nitrogens with two attached hydrogens (primary N) is 1. The van der Waals surface area contributed by atoms with Crippen molar-refractivity contribution in [3.05, 3.63) is 24.3 Å². The monoisotopic (exact) mass is 423 g/mol. The van der Waals surface area contributed by atoms with Crippen molar-refractivity contribution >= 4 is 21.8 Å². The number of carbonyl (C=O) groups is 1. The topological polar surface area (TPSA) is 102 Å². The van der Waals surface area contributed by atoms with E-state index in [0.29, 0.717) is 0 Å². The zero-order valence-corrected chi connectivity index (χ0v) is 16.7. The molecule has 1 aliphatic rings. The highest BCUT2D eigenvalue weighted by Gasteiger charge is 2.58. The number of nitrogens with one attached hydrogen (secondary N) is 1. The average Bonchev–Trinajstić information content (AvgIpc) is 2.53. The van der Waals surface area contributed by atoms with Gasteiger partial charge in [-0.1, -0.05) is 0 Å². The van der Waals surface area contributed by atoms with Crippen LogP contribution in [0, 0.1) is 0 Å². The molecule has 1 amide bonds. The zero-order chi connectivity index (χ0) is 21.4. The number of carbonyl (C=O) groups excluding carboxylic acids is 1. The first-order chi connectivity index (χ1) is 12.7. The average molecular weight is 423 g/mol. The number of sulfonamides is 1. The molecule has 0 aliphatic carbocycles. The molecule has 0 atom stereocenters. The predicted molar refractivity (Wildman–Crippen MR) is 97.0 cm³/mol. The fourth-order valence-corrected chi connectivity index (χ4v) is 4.25. The molecule has 0 unspecified atom stereocenters. The highest BCUT2D eigenvalue weighted by atomic mass is 32.2. The van der Waals surface area contributed by atoms with Gasteiger partial charge >= 0.3 is 12.3 Å². The van der Waals surface area contributed by atoms with Gasteiger partial charge in [0.15, 0.2) is 0 Å². The summed E-state index contributed by atoms with van der Waals surface area (Å²) in [5, 5.41) is 0. The molecule has 3 N–H and O–H groups in total. The van der Waals surface area contributed by atoms with E-state index in [-0.39, 0.29) is 23.7 Å². The highest BCUT2D eigenvalue weighted by molar-refractivity contribution is 7.89. The molecule has 1 aromatic carbocycles. The Balaban J connectivity index is 2.21. The van der Waals surface area contributed by atoms with E-state index >= 15 is 0 Å². The van der Waals surface area contributed by atoms with Crippen LogP contribution in [-0.2, 0) is 14.8 Å². The molecule has 2 rings (SSSR count). The van der Waals surface area contributed by atoms with Crippen LogP contribution in [0.25, 0.3) is 0 Å². The number of halogens is 3. The summed E-state index contributed by atoms with van der Waals surface area (Å²) in [6.07, 6.45) is -6.81. The fraction of sp³-hybridized carbons (Fsp3) is 0.588. The third kappa shape index (κ3) is 5.07. The second-order valence-corrected chi connectivity index (χ2v) is 9.40. The number of benzene rings is 1. The van der Waals surface area contributed by atoms with Gasteiger partial charge in [-0.15, -0.1) is 0 Å². The Morgan fingerprint density at radius 2 is 1.64 bits per heavy atom. The maximum atomic E-state index is 13.8. The number of likely N-dealkylation sites (tertiary alicyclic amines) is 1. The molecule has 11 heteroatoms. The number of alkyl halides is 3. The Morgan fingerprint density at radius 1 is 1.14 bits per heavy atom. The highest BCUT2D eigenvalue weighted by Crippen LogP contribution is 2.40. The third-order valence-electron chi connectivity index (χ3n) is 4.33. The van der Waals surface area contributed by atoms with E-state index in [0.717, 1.165) is 17.0 Å². The van der Waals surface area contributed by atoms with Crippen LogP contribution in [0.1, 0.15) is 33.6 Å². The van der Waals surface area contributed by atoms with Crippen molar-refractivity contribution < 1.29 is 31.1 Å². The summed E-state index contributed by atoms with van der Waals surface area (Å²) < 4.78 is 73.5. The Bertz CT molecular complexity index is 810. The SMILES string of the molecule is CC(C)(C)OC(=O)N1CCC(NS(=O)(=O)c2ccc(N)cc2)(C(F)(F)F)CC1. The van der Waals surface area contributed by atoms with Gasteiger partial charge in [-0.2, -0.15) is 17.9 Å². The summed E-state index contributed by atoms with van der Waals surface area (Å²) in [6, 6.07) is 4.86. The molecular formula is C17H24F3N3O4S. The predicted octanol–water partition coefficient (Wildman–Crippen LogP) is 2.88. The number of nitrogen functional groups attached to an aromatic ring is 1. The van der Waals surface area contributed by atoms with E-state index in [2.05, 4.69) is 0 Å². The number of nitrogens with zero attached hydrogens (tertiary/aromatic N) is 1. The molecule has 7 nitrogen and oxygen atoms in total. The summed E-state index contributed by atoms with van der Waals surface area (Å²) in [4.78, 5) is 12.9. The van der Waals surface area contributed by atoms with Crippen LogP contribution in [0.3, 0.4) is 0 Å². The lowest BCUT2D eigenvalue weighted by Crippen LogP contribution is -2.63. The molecule has 1 aromatic rings. The van der Waals surface area contributed by atoms with Crippen LogP contribution < -0.4 is 10.5 Å². The first-order valence-corrected chi connectivity index (χ1v) is 10.1. The summed E-state index contributed by atoms with van der Waals surface area (Å²) in [7, 11) is -4.45. The first kappa shape index (κ1) is 22.3. The van der Waals surface area contributed by atoms with Crippen LogP contribution in [0.15, 0.2) is 29.2 Å². The standard InChI is InChI=1S/C17H24F3N3O4S/c1-15(2,3)27-14(24)23-10-8-16(9-11-23,17(18,19)20)22-28(25,26)13-6-4-12(21)5-7-13/h4-7,22H,8-11,21H2,1-3H3. The van der Waals surface area contributed by atoms with Gasteiger partial charge in [0.1, 0.15) is 11.1 Å². The number of rotatable bonds is 3. The Labute approximate surface area is 162 Å². The number of ether oxygens (including phenoxy) is 1. The number of hydrogen-bond acceptors (Lipinski definition) is 5. The van der Waals surface area contributed by atoms with Gasteiger partial charge in [-0.3, -0.25) is 0 Å². The summed E-state index contributed by atoms with van der Waals surface area (Å²) in [5.74, 6) is 0. The van der Waals surface area contributed by atoms with E-state index in [1.807, 2.05) is 4.72 Å². The van der Waals surface area contributed by atoms with Gasteiger partial charge in [0.2, 0.25) is 10.0 Å². The van der Waals surface area contributed by atoms with Crippen molar-refractivity contribution in [3.8, 4) is 0 Å². The fourth-order valence-electron chi connectivity index (χ4n) is 2.80. The molecule has 28 heavy (non-hydrogen) atoms. The lowest BCUT2D eigenvalue weighted by molar-refractivity contribution is -0.201. The second kappa shape index (κ2) is 7.43. The summed E-state index contributed by atoms with van der Waals surface area (Å²) in [5.41, 5.74) is 2.32. The number of hydrogen-bond donors (Lipinski definition) is 2. The molecule has 0 bridgehead atoms. The quantitative estimate of drug-likeness (QED) is 0.728. The van der Waals surface area contributed by atoms with Gasteiger partial charge in [0, 0.05) is 18.8 Å². The third-order valence-corrected chi connectivity index (χ3v) is 5.88. The van der Waals surface area contributed by atoms with Crippen LogP contribution >= 0.6 is 0 Å². The Morgan fingerprint density at radius 3 is 2.07 bits per heavy atom. The molecule has 1 fully saturated rings. The van der Waals surface area contributed by atoms with E-state index in [1.54, 1.807) is 20.8 Å². The number of amides is 1. The van der Waals surface area contributed by atoms with E-state index in [4.69, 9.17) is 10.5 Å². The molecule has 158 valence electrons. The molecule has 0 saturated carbocycles. The summed E-state index contributed by atoms with van der Waals surface area (Å²) >= 11 is 0. The zero-order valence-electron chi connectivity index (χ0n) is 15.8. The maximum absolute atomic E-state index is 13.8. The minimum Gasteiger partial charge on any atom is -0.444 e. The van der Waals surface area contributed by atoms with E-state index in [9.17, 15) is 26.4 Å². The van der Waals surface area contributed by atoms with Crippen molar-refractivity contribution in [3.63, 3.8) is 0 Å². The van der Waals surface area contributed by atoms with Gasteiger partial charge < -0.3 is 15.4 Å². The summed E-state index contributed by atoms with van der Waals surface area (Å²) in [6.45, 7) is 4.36. The first-order valence-electron chi connectivity index (χ1n) is 8.59. The van der Waals surface area contributed by atoms with Crippen molar-refractivity contribution in [1.29, 1.82) is 0 Å². The van der Waals surface area contributed by atoms with Crippen LogP contribution in [0.2, 0.25) is 0 Å². The van der Waals surface area contributed by atoms with Crippen LogP contribution in [0.5, 0.6) is 0 Å². The lowest BCUT2D eigenvalue weighted by atomic mass is 9.88. The van der Waals surface area contributed by atoms with Gasteiger partial charge in [-0.25, -0.2) is 13.2 Å². The van der Waals surface area contributed by atoms with Crippen molar-refractivity contribution in [2.45, 2.75) is 55.8 Å². The normalized spacial score (nSPS) is 18.0. The van der Waals surface area contributed by atoms with Crippen molar-refractivity contribution in [2.24, 2.45) is 0 Å². The molecule has 0 radical (unpaired) electrons. The van der Waals surface area contributed by atoms with Crippen molar-refractivity contribution in [2.75, 3.05) is 18.8 Å². The Kier molecular flexibility index (Phi) is 5.91. The van der Waals surface area contributed by atoms with Gasteiger partial charge in [0.25, 0.3) is 0 Å². The Hall–Kier alpha value is -2.01. The minimum absolute atomic E-state index is 0.287. The number of anilines is 1. The second-order valence-electron chi connectivity index (χ2n) is 7.72. The number of piperidine rings is 1. The maximum Gasteiger partial charge on any atom is 0.410 e. The smallest absolute Gasteiger partial charge is 0.410 e. The molecule has 1 saturated heterocycles. The lowest BCUT2D eigenvalue weighted by Gasteiger charge is -2.42. The molecule has 1 heterocycles. The largest absolute Gasteiger partial charge is 0.444 e. The van der Waals surface area contributed by atoms with E-state index < -0.39 is 46.3 Å². The van der Waals surface area contributed by atoms with Crippen LogP contribution in [0.4, 0.5) is 23.7 Å². The molecule has 0 spiro atoms. The molecular weight excluding hydrogens is 399 g/mol. The minimum atomic E-state index is -4.84. The van der Waals surface area contributed by atoms with E-state index in [1.165, 1.54) is 12.1 Å². The van der Waals surface area contributed by atoms with Gasteiger partial charge in [-0.05, 0) is 57.9 Å². The molecule has 0 aromatic heterocycles.